The summed E-state index contributed by atoms with van der Waals surface area (Å²) in [4.78, 5) is 15.8. The van der Waals surface area contributed by atoms with Crippen LogP contribution >= 0.6 is 0 Å². The van der Waals surface area contributed by atoms with Crippen LogP contribution in [0.4, 0.5) is 5.69 Å². The first kappa shape index (κ1) is 14.8. The van der Waals surface area contributed by atoms with E-state index in [1.54, 1.807) is 24.3 Å². The van der Waals surface area contributed by atoms with Crippen LogP contribution in [0.25, 0.3) is 22.8 Å². The lowest BCUT2D eigenvalue weighted by Gasteiger charge is -2.03. The molecule has 0 fully saturated rings. The third kappa shape index (κ3) is 2.78. The van der Waals surface area contributed by atoms with Gasteiger partial charge >= 0.3 is 5.97 Å². The highest BCUT2D eigenvalue weighted by molar-refractivity contribution is 5.89. The standard InChI is InChI=1S/C17H15N3O3/c1-10-13(4-3-5-14(10)18)15-19-16(23-20-15)11-6-8-12(9-7-11)17(21)22-2/h3-9H,18H2,1-2H3. The predicted molar refractivity (Wildman–Crippen MR) is 85.7 cm³/mol. The van der Waals surface area contributed by atoms with E-state index in [1.807, 2.05) is 25.1 Å². The topological polar surface area (TPSA) is 91.2 Å². The van der Waals surface area contributed by atoms with Gasteiger partial charge in [-0.15, -0.1) is 0 Å². The SMILES string of the molecule is COC(=O)c1ccc(-c2nc(-c3cccc(N)c3C)no2)cc1. The minimum Gasteiger partial charge on any atom is -0.465 e. The summed E-state index contributed by atoms with van der Waals surface area (Å²) in [7, 11) is 1.34. The van der Waals surface area contributed by atoms with E-state index in [4.69, 9.17) is 10.3 Å². The van der Waals surface area contributed by atoms with Crippen molar-refractivity contribution in [3.8, 4) is 22.8 Å². The van der Waals surface area contributed by atoms with Crippen molar-refractivity contribution < 1.29 is 14.1 Å². The van der Waals surface area contributed by atoms with Gasteiger partial charge in [-0.3, -0.25) is 0 Å². The zero-order valence-corrected chi connectivity index (χ0v) is 12.7. The van der Waals surface area contributed by atoms with Crippen LogP contribution in [0.15, 0.2) is 47.0 Å². The molecular formula is C17H15N3O3. The molecule has 6 nitrogen and oxygen atoms in total. The summed E-state index contributed by atoms with van der Waals surface area (Å²) in [6.45, 7) is 1.91. The van der Waals surface area contributed by atoms with Gasteiger partial charge in [0.25, 0.3) is 5.89 Å². The van der Waals surface area contributed by atoms with Gasteiger partial charge in [-0.05, 0) is 42.8 Å². The summed E-state index contributed by atoms with van der Waals surface area (Å²) in [6.07, 6.45) is 0. The molecule has 0 unspecified atom stereocenters. The summed E-state index contributed by atoms with van der Waals surface area (Å²) in [5.41, 5.74) is 9.49. The van der Waals surface area contributed by atoms with E-state index in [9.17, 15) is 4.79 Å². The smallest absolute Gasteiger partial charge is 0.337 e. The molecule has 0 radical (unpaired) electrons. The molecule has 0 saturated heterocycles. The van der Waals surface area contributed by atoms with Crippen LogP contribution < -0.4 is 5.73 Å². The second kappa shape index (κ2) is 5.92. The number of nitrogen functional groups attached to an aromatic ring is 1. The van der Waals surface area contributed by atoms with Crippen LogP contribution in [0.3, 0.4) is 0 Å². The minimum atomic E-state index is -0.391. The number of benzene rings is 2. The monoisotopic (exact) mass is 309 g/mol. The predicted octanol–water partition coefficient (Wildman–Crippen LogP) is 3.08. The number of nitrogens with two attached hydrogens (primary N) is 1. The molecule has 0 bridgehead atoms. The molecule has 0 aliphatic carbocycles. The minimum absolute atomic E-state index is 0.373. The maximum absolute atomic E-state index is 11.4. The fraction of sp³-hybridized carbons (Fsp3) is 0.118. The van der Waals surface area contributed by atoms with Crippen molar-refractivity contribution in [2.45, 2.75) is 6.92 Å². The number of hydrogen-bond donors (Lipinski definition) is 1. The Morgan fingerprint density at radius 2 is 1.91 bits per heavy atom. The lowest BCUT2D eigenvalue weighted by molar-refractivity contribution is 0.0600. The Bertz CT molecular complexity index is 854. The zero-order valence-electron chi connectivity index (χ0n) is 12.7. The largest absolute Gasteiger partial charge is 0.465 e. The van der Waals surface area contributed by atoms with Gasteiger partial charge in [-0.2, -0.15) is 4.98 Å². The van der Waals surface area contributed by atoms with Crippen LogP contribution in [0.5, 0.6) is 0 Å². The second-order valence-corrected chi connectivity index (χ2v) is 5.01. The first-order valence-electron chi connectivity index (χ1n) is 6.98. The maximum Gasteiger partial charge on any atom is 0.337 e. The van der Waals surface area contributed by atoms with Crippen molar-refractivity contribution in [3.05, 3.63) is 53.6 Å². The molecule has 2 N–H and O–H groups in total. The molecule has 0 spiro atoms. The average molecular weight is 309 g/mol. The van der Waals surface area contributed by atoms with Crippen molar-refractivity contribution in [2.24, 2.45) is 0 Å². The van der Waals surface area contributed by atoms with E-state index in [1.165, 1.54) is 7.11 Å². The Balaban J connectivity index is 1.93. The molecule has 3 rings (SSSR count). The molecule has 0 amide bonds. The number of carbonyl (C=O) groups is 1. The van der Waals surface area contributed by atoms with Crippen LogP contribution in [0.1, 0.15) is 15.9 Å². The van der Waals surface area contributed by atoms with Gasteiger partial charge < -0.3 is 15.0 Å². The Labute approximate surface area is 132 Å². The third-order valence-electron chi connectivity index (χ3n) is 3.60. The van der Waals surface area contributed by atoms with Crippen LogP contribution in [-0.4, -0.2) is 23.2 Å². The quantitative estimate of drug-likeness (QED) is 0.590. The van der Waals surface area contributed by atoms with Crippen molar-refractivity contribution in [2.75, 3.05) is 12.8 Å². The molecule has 6 heteroatoms. The number of nitrogens with zero attached hydrogens (tertiary/aromatic N) is 2. The van der Waals surface area contributed by atoms with Gasteiger partial charge in [0.2, 0.25) is 5.82 Å². The van der Waals surface area contributed by atoms with Crippen LogP contribution in [0.2, 0.25) is 0 Å². The second-order valence-electron chi connectivity index (χ2n) is 5.01. The Kier molecular flexibility index (Phi) is 3.80. The van der Waals surface area contributed by atoms with E-state index in [-0.39, 0.29) is 0 Å². The molecule has 1 heterocycles. The molecule has 23 heavy (non-hydrogen) atoms. The van der Waals surface area contributed by atoms with Gasteiger partial charge in [-0.25, -0.2) is 4.79 Å². The fourth-order valence-corrected chi connectivity index (χ4v) is 2.21. The third-order valence-corrected chi connectivity index (χ3v) is 3.60. The van der Waals surface area contributed by atoms with E-state index in [0.29, 0.717) is 23.0 Å². The zero-order chi connectivity index (χ0) is 16.4. The molecule has 3 aromatic rings. The first-order chi connectivity index (χ1) is 11.1. The molecule has 116 valence electrons. The summed E-state index contributed by atoms with van der Waals surface area (Å²) < 4.78 is 9.97. The van der Waals surface area contributed by atoms with Gasteiger partial charge in [0.15, 0.2) is 0 Å². The average Bonchev–Trinajstić information content (AvgIpc) is 3.06. The van der Waals surface area contributed by atoms with Gasteiger partial charge in [0, 0.05) is 16.8 Å². The Morgan fingerprint density at radius 1 is 1.17 bits per heavy atom. The summed E-state index contributed by atoms with van der Waals surface area (Å²) >= 11 is 0. The number of rotatable bonds is 3. The van der Waals surface area contributed by atoms with Gasteiger partial charge in [-0.1, -0.05) is 17.3 Å². The van der Waals surface area contributed by atoms with Crippen molar-refractivity contribution in [3.63, 3.8) is 0 Å². The molecule has 0 atom stereocenters. The molecule has 0 saturated carbocycles. The summed E-state index contributed by atoms with van der Waals surface area (Å²) in [5.74, 6) is 0.457. The molecule has 0 aliphatic rings. The summed E-state index contributed by atoms with van der Waals surface area (Å²) in [5, 5.41) is 4.01. The van der Waals surface area contributed by atoms with Gasteiger partial charge in [0.05, 0.1) is 12.7 Å². The number of carbonyl (C=O) groups excluding carboxylic acids is 1. The number of ether oxygens (including phenoxy) is 1. The number of hydrogen-bond acceptors (Lipinski definition) is 6. The number of aromatic nitrogens is 2. The van der Waals surface area contributed by atoms with E-state index >= 15 is 0 Å². The molecular weight excluding hydrogens is 294 g/mol. The van der Waals surface area contributed by atoms with Crippen molar-refractivity contribution >= 4 is 11.7 Å². The van der Waals surface area contributed by atoms with E-state index in [0.717, 1.165) is 16.7 Å². The Morgan fingerprint density at radius 3 is 2.61 bits per heavy atom. The van der Waals surface area contributed by atoms with E-state index < -0.39 is 5.97 Å². The lowest BCUT2D eigenvalue weighted by atomic mass is 10.1. The lowest BCUT2D eigenvalue weighted by Crippen LogP contribution is -2.00. The highest BCUT2D eigenvalue weighted by Crippen LogP contribution is 2.27. The number of methoxy groups -OCH3 is 1. The fourth-order valence-electron chi connectivity index (χ4n) is 2.21. The van der Waals surface area contributed by atoms with Crippen molar-refractivity contribution in [1.82, 2.24) is 10.1 Å². The van der Waals surface area contributed by atoms with E-state index in [2.05, 4.69) is 14.9 Å². The van der Waals surface area contributed by atoms with Crippen LogP contribution in [-0.2, 0) is 4.74 Å². The number of anilines is 1. The first-order valence-corrected chi connectivity index (χ1v) is 6.98. The normalized spacial score (nSPS) is 10.5. The molecule has 0 aliphatic heterocycles. The number of esters is 1. The highest BCUT2D eigenvalue weighted by Gasteiger charge is 2.14. The highest BCUT2D eigenvalue weighted by atomic mass is 16.5. The maximum atomic E-state index is 11.4. The van der Waals surface area contributed by atoms with Crippen LogP contribution in [0, 0.1) is 6.92 Å². The van der Waals surface area contributed by atoms with Gasteiger partial charge in [0.1, 0.15) is 0 Å². The summed E-state index contributed by atoms with van der Waals surface area (Å²) in [6, 6.07) is 12.3. The van der Waals surface area contributed by atoms with Crippen molar-refractivity contribution in [1.29, 1.82) is 0 Å². The molecule has 2 aromatic carbocycles. The Hall–Kier alpha value is -3.15. The molecule has 1 aromatic heterocycles.